The predicted octanol–water partition coefficient (Wildman–Crippen LogP) is 1.77. The molecule has 2 aliphatic rings. The molecule has 3 rings (SSSR count). The van der Waals surface area contributed by atoms with Crippen molar-refractivity contribution in [2.24, 2.45) is 0 Å². The number of sulfone groups is 1. The molecule has 24 heavy (non-hydrogen) atoms. The zero-order valence-corrected chi connectivity index (χ0v) is 14.8. The average Bonchev–Trinajstić information content (AvgIpc) is 2.72. The number of carbonyl (C=O) groups excluding carboxylic acids is 1. The van der Waals surface area contributed by atoms with Crippen molar-refractivity contribution >= 4 is 15.9 Å². The van der Waals surface area contributed by atoms with Crippen LogP contribution in [0.25, 0.3) is 0 Å². The second-order valence-electron chi connectivity index (χ2n) is 6.73. The third-order valence-electron chi connectivity index (χ3n) is 4.91. The van der Waals surface area contributed by atoms with E-state index >= 15 is 0 Å². The lowest BCUT2D eigenvalue weighted by molar-refractivity contribution is 0.0446. The van der Waals surface area contributed by atoms with Crippen molar-refractivity contribution in [3.8, 4) is 0 Å². The third-order valence-corrected chi connectivity index (χ3v) is 6.62. The molecule has 2 heterocycles. The molecular formula is C17H24N2O4S. The number of nitrogens with zero attached hydrogens (tertiary/aromatic N) is 2. The van der Waals surface area contributed by atoms with Gasteiger partial charge in [0.1, 0.15) is 5.60 Å². The van der Waals surface area contributed by atoms with Crippen LogP contribution in [-0.2, 0) is 14.6 Å². The van der Waals surface area contributed by atoms with Crippen LogP contribution in [0.2, 0.25) is 0 Å². The van der Waals surface area contributed by atoms with Gasteiger partial charge in [-0.1, -0.05) is 18.2 Å². The fourth-order valence-corrected chi connectivity index (χ4v) is 4.80. The Balaban J connectivity index is 1.57. The Morgan fingerprint density at radius 2 is 1.92 bits per heavy atom. The van der Waals surface area contributed by atoms with Crippen LogP contribution in [0.5, 0.6) is 0 Å². The molecular weight excluding hydrogens is 328 g/mol. The van der Waals surface area contributed by atoms with Crippen LogP contribution < -0.4 is 0 Å². The lowest BCUT2D eigenvalue weighted by Crippen LogP contribution is -2.36. The summed E-state index contributed by atoms with van der Waals surface area (Å²) in [4.78, 5) is 15.8. The fourth-order valence-electron chi connectivity index (χ4n) is 3.49. The Kier molecular flexibility index (Phi) is 4.83. The van der Waals surface area contributed by atoms with E-state index in [1.807, 2.05) is 6.07 Å². The molecule has 1 atom stereocenters. The maximum Gasteiger partial charge on any atom is 0.410 e. The Hall–Kier alpha value is -1.60. The highest BCUT2D eigenvalue weighted by atomic mass is 32.2. The molecule has 132 valence electrons. The van der Waals surface area contributed by atoms with Crippen LogP contribution in [0.15, 0.2) is 35.2 Å². The first-order chi connectivity index (χ1) is 11.4. The second-order valence-corrected chi connectivity index (χ2v) is 8.84. The number of hydrogen-bond acceptors (Lipinski definition) is 5. The first-order valence-electron chi connectivity index (χ1n) is 8.35. The molecule has 7 heteroatoms. The molecule has 2 aliphatic heterocycles. The number of likely N-dealkylation sites (tertiary alicyclic amines) is 1. The lowest BCUT2D eigenvalue weighted by atomic mass is 9.95. The monoisotopic (exact) mass is 352 g/mol. The molecule has 2 fully saturated rings. The quantitative estimate of drug-likeness (QED) is 0.826. The number of hydrogen-bond donors (Lipinski definition) is 0. The number of ether oxygens (including phenoxy) is 1. The number of benzene rings is 1. The summed E-state index contributed by atoms with van der Waals surface area (Å²) in [6, 6.07) is 8.58. The Morgan fingerprint density at radius 3 is 2.58 bits per heavy atom. The van der Waals surface area contributed by atoms with Crippen molar-refractivity contribution in [3.63, 3.8) is 0 Å². The highest BCUT2D eigenvalue weighted by Gasteiger charge is 2.44. The number of likely N-dealkylation sites (N-methyl/N-ethyl adjacent to an activating group) is 1. The average molecular weight is 352 g/mol. The Labute approximate surface area is 143 Å². The minimum atomic E-state index is -3.25. The molecule has 2 saturated heterocycles. The van der Waals surface area contributed by atoms with E-state index in [1.54, 1.807) is 36.2 Å². The van der Waals surface area contributed by atoms with Crippen molar-refractivity contribution in [2.45, 2.75) is 29.8 Å². The second kappa shape index (κ2) is 6.72. The summed E-state index contributed by atoms with van der Waals surface area (Å²) in [5.41, 5.74) is -0.390. The predicted molar refractivity (Wildman–Crippen MR) is 90.6 cm³/mol. The molecule has 0 aromatic heterocycles. The summed E-state index contributed by atoms with van der Waals surface area (Å²) in [6.45, 7) is 2.73. The van der Waals surface area contributed by atoms with Gasteiger partial charge < -0.3 is 14.5 Å². The molecule has 1 amide bonds. The third kappa shape index (κ3) is 3.72. The molecule has 0 unspecified atom stereocenters. The van der Waals surface area contributed by atoms with Gasteiger partial charge in [-0.2, -0.15) is 0 Å². The highest BCUT2D eigenvalue weighted by molar-refractivity contribution is 7.91. The largest absolute Gasteiger partial charge is 0.441 e. The van der Waals surface area contributed by atoms with E-state index in [0.717, 1.165) is 32.4 Å². The van der Waals surface area contributed by atoms with Crippen molar-refractivity contribution in [1.29, 1.82) is 0 Å². The van der Waals surface area contributed by atoms with E-state index in [-0.39, 0.29) is 17.4 Å². The first-order valence-corrected chi connectivity index (χ1v) is 10.00. The summed E-state index contributed by atoms with van der Waals surface area (Å²) < 4.78 is 30.4. The SMILES string of the molecule is CN1C[C@]2(CCCN(CCS(=O)(=O)c3ccccc3)CC2)OC1=O. The van der Waals surface area contributed by atoms with E-state index in [0.29, 0.717) is 18.0 Å². The minimum Gasteiger partial charge on any atom is -0.441 e. The van der Waals surface area contributed by atoms with Gasteiger partial charge >= 0.3 is 6.09 Å². The van der Waals surface area contributed by atoms with Crippen LogP contribution >= 0.6 is 0 Å². The summed E-state index contributed by atoms with van der Waals surface area (Å²) >= 11 is 0. The molecule has 1 aromatic rings. The van der Waals surface area contributed by atoms with Gasteiger partial charge in [-0.25, -0.2) is 13.2 Å². The standard InChI is InChI=1S/C17H24N2O4S/c1-18-14-17(23-16(18)20)8-5-10-19(11-9-17)12-13-24(21,22)15-6-3-2-4-7-15/h2-4,6-7H,5,8-14H2,1H3/t17-/m1/s1. The zero-order chi connectivity index (χ0) is 17.2. The first kappa shape index (κ1) is 17.2. The molecule has 6 nitrogen and oxygen atoms in total. The number of carbonyl (C=O) groups is 1. The summed E-state index contributed by atoms with van der Waals surface area (Å²) in [5.74, 6) is 0.115. The van der Waals surface area contributed by atoms with Gasteiger partial charge in [0.15, 0.2) is 9.84 Å². The van der Waals surface area contributed by atoms with Gasteiger partial charge in [-0.15, -0.1) is 0 Å². The zero-order valence-electron chi connectivity index (χ0n) is 14.0. The van der Waals surface area contributed by atoms with Gasteiger partial charge in [-0.3, -0.25) is 0 Å². The Morgan fingerprint density at radius 1 is 1.17 bits per heavy atom. The summed E-state index contributed by atoms with van der Waals surface area (Å²) in [7, 11) is -1.50. The highest BCUT2D eigenvalue weighted by Crippen LogP contribution is 2.32. The Bertz CT molecular complexity index is 692. The minimum absolute atomic E-state index is 0.115. The fraction of sp³-hybridized carbons (Fsp3) is 0.588. The lowest BCUT2D eigenvalue weighted by Gasteiger charge is -2.25. The van der Waals surface area contributed by atoms with E-state index in [9.17, 15) is 13.2 Å². The molecule has 1 aromatic carbocycles. The molecule has 0 radical (unpaired) electrons. The van der Waals surface area contributed by atoms with Crippen LogP contribution in [0.4, 0.5) is 4.79 Å². The van der Waals surface area contributed by atoms with E-state index < -0.39 is 9.84 Å². The van der Waals surface area contributed by atoms with E-state index in [4.69, 9.17) is 4.74 Å². The van der Waals surface area contributed by atoms with Crippen LogP contribution in [0.1, 0.15) is 19.3 Å². The van der Waals surface area contributed by atoms with Crippen LogP contribution in [0.3, 0.4) is 0 Å². The smallest absolute Gasteiger partial charge is 0.410 e. The van der Waals surface area contributed by atoms with Crippen molar-refractivity contribution < 1.29 is 17.9 Å². The van der Waals surface area contributed by atoms with Crippen LogP contribution in [-0.4, -0.2) is 68.9 Å². The molecule has 1 spiro atoms. The number of amides is 1. The van der Waals surface area contributed by atoms with Gasteiger partial charge in [0.2, 0.25) is 0 Å². The maximum absolute atomic E-state index is 12.4. The maximum atomic E-state index is 12.4. The number of rotatable bonds is 4. The summed E-state index contributed by atoms with van der Waals surface area (Å²) in [5, 5.41) is 0. The molecule has 0 saturated carbocycles. The van der Waals surface area contributed by atoms with Crippen molar-refractivity contribution in [1.82, 2.24) is 9.80 Å². The van der Waals surface area contributed by atoms with Gasteiger partial charge in [0.05, 0.1) is 17.2 Å². The van der Waals surface area contributed by atoms with E-state index in [1.165, 1.54) is 0 Å². The topological polar surface area (TPSA) is 66.9 Å². The molecule has 0 N–H and O–H groups in total. The van der Waals surface area contributed by atoms with Crippen molar-refractivity contribution in [2.75, 3.05) is 39.0 Å². The normalized spacial score (nSPS) is 25.7. The van der Waals surface area contributed by atoms with Crippen LogP contribution in [0, 0.1) is 0 Å². The molecule has 0 aliphatic carbocycles. The van der Waals surface area contributed by atoms with Crippen molar-refractivity contribution in [3.05, 3.63) is 30.3 Å². The van der Waals surface area contributed by atoms with Gasteiger partial charge in [0, 0.05) is 26.6 Å². The van der Waals surface area contributed by atoms with E-state index in [2.05, 4.69) is 4.90 Å². The van der Waals surface area contributed by atoms with Gasteiger partial charge in [-0.05, 0) is 31.5 Å². The molecule has 0 bridgehead atoms. The van der Waals surface area contributed by atoms with Gasteiger partial charge in [0.25, 0.3) is 0 Å². The summed E-state index contributed by atoms with van der Waals surface area (Å²) in [6.07, 6.45) is 2.25.